The largest absolute Gasteiger partial charge is 0.360 e. The number of aromatic nitrogens is 2. The normalized spacial score (nSPS) is 17.0. The summed E-state index contributed by atoms with van der Waals surface area (Å²) in [7, 11) is 2.09. The fraction of sp³-hybridized carbons (Fsp3) is 0.118. The third kappa shape index (κ3) is 1.88. The molecule has 1 aromatic carbocycles. The van der Waals surface area contributed by atoms with E-state index in [-0.39, 0.29) is 6.04 Å². The lowest BCUT2D eigenvalue weighted by Crippen LogP contribution is -2.27. The van der Waals surface area contributed by atoms with Gasteiger partial charge in [-0.25, -0.2) is 0 Å². The summed E-state index contributed by atoms with van der Waals surface area (Å²) in [5, 5.41) is 1.13. The van der Waals surface area contributed by atoms with E-state index in [1.54, 1.807) is 6.20 Å². The van der Waals surface area contributed by atoms with Crippen molar-refractivity contribution >= 4 is 28.5 Å². The van der Waals surface area contributed by atoms with Crippen LogP contribution in [0.4, 0.5) is 11.4 Å². The molecule has 0 fully saturated rings. The van der Waals surface area contributed by atoms with Crippen molar-refractivity contribution in [1.29, 1.82) is 0 Å². The van der Waals surface area contributed by atoms with Crippen LogP contribution in [0.5, 0.6) is 0 Å². The van der Waals surface area contributed by atoms with Gasteiger partial charge in [-0.2, -0.15) is 0 Å². The van der Waals surface area contributed by atoms with Crippen LogP contribution < -0.4 is 4.90 Å². The lowest BCUT2D eigenvalue weighted by molar-refractivity contribution is 0.849. The predicted octanol–water partition coefficient (Wildman–Crippen LogP) is 3.52. The number of rotatable bonds is 1. The highest BCUT2D eigenvalue weighted by Gasteiger charge is 2.23. The molecule has 0 radical (unpaired) electrons. The third-order valence-corrected chi connectivity index (χ3v) is 3.89. The summed E-state index contributed by atoms with van der Waals surface area (Å²) in [5.41, 5.74) is 4.23. The molecule has 21 heavy (non-hydrogen) atoms. The van der Waals surface area contributed by atoms with Crippen LogP contribution in [0, 0.1) is 0 Å². The highest BCUT2D eigenvalue weighted by molar-refractivity contribution is 6.01. The van der Waals surface area contributed by atoms with Gasteiger partial charge in [0.25, 0.3) is 0 Å². The molecule has 2 aromatic heterocycles. The van der Waals surface area contributed by atoms with Crippen LogP contribution >= 0.6 is 0 Å². The van der Waals surface area contributed by atoms with E-state index >= 15 is 0 Å². The number of pyridine rings is 2. The molecule has 3 aromatic rings. The molecule has 0 amide bonds. The Morgan fingerprint density at radius 3 is 2.81 bits per heavy atom. The van der Waals surface area contributed by atoms with E-state index in [0.717, 1.165) is 27.8 Å². The van der Waals surface area contributed by atoms with Crippen LogP contribution in [0.2, 0.25) is 0 Å². The predicted molar refractivity (Wildman–Crippen MR) is 85.3 cm³/mol. The molecular formula is C17H14N4. The molecule has 4 rings (SSSR count). The number of anilines is 1. The average Bonchev–Trinajstić information content (AvgIpc) is 2.55. The van der Waals surface area contributed by atoms with Gasteiger partial charge in [-0.05, 0) is 35.9 Å². The second kappa shape index (κ2) is 4.66. The molecular weight excluding hydrogens is 260 g/mol. The van der Waals surface area contributed by atoms with Gasteiger partial charge in [-0.3, -0.25) is 15.0 Å². The van der Waals surface area contributed by atoms with Crippen molar-refractivity contribution in [1.82, 2.24) is 9.97 Å². The van der Waals surface area contributed by atoms with E-state index in [9.17, 15) is 0 Å². The van der Waals surface area contributed by atoms with Crippen LogP contribution in [0.15, 0.2) is 60.0 Å². The van der Waals surface area contributed by atoms with Crippen molar-refractivity contribution in [2.45, 2.75) is 6.04 Å². The van der Waals surface area contributed by atoms with Crippen molar-refractivity contribution in [3.05, 3.63) is 60.6 Å². The van der Waals surface area contributed by atoms with Gasteiger partial charge >= 0.3 is 0 Å². The highest BCUT2D eigenvalue weighted by atomic mass is 15.2. The van der Waals surface area contributed by atoms with Gasteiger partial charge < -0.3 is 4.90 Å². The zero-order valence-corrected chi connectivity index (χ0v) is 11.6. The van der Waals surface area contributed by atoms with Crippen molar-refractivity contribution < 1.29 is 0 Å². The molecule has 1 atom stereocenters. The lowest BCUT2D eigenvalue weighted by Gasteiger charge is -2.32. The molecule has 0 saturated heterocycles. The van der Waals surface area contributed by atoms with E-state index in [4.69, 9.17) is 0 Å². The summed E-state index contributed by atoms with van der Waals surface area (Å²) >= 11 is 0. The van der Waals surface area contributed by atoms with E-state index in [2.05, 4.69) is 39.0 Å². The van der Waals surface area contributed by atoms with Crippen molar-refractivity contribution in [3.63, 3.8) is 0 Å². The molecule has 0 aliphatic carbocycles. The molecule has 1 unspecified atom stereocenters. The maximum atomic E-state index is 4.63. The second-order valence-electron chi connectivity index (χ2n) is 5.12. The topological polar surface area (TPSA) is 41.4 Å². The smallest absolute Gasteiger partial charge is 0.0910 e. The van der Waals surface area contributed by atoms with Gasteiger partial charge in [-0.1, -0.05) is 6.07 Å². The van der Waals surface area contributed by atoms with E-state index in [0.29, 0.717) is 0 Å². The molecule has 102 valence electrons. The number of hydrogen-bond donors (Lipinski definition) is 0. The molecule has 0 spiro atoms. The molecule has 0 saturated carbocycles. The Labute approximate surface area is 122 Å². The van der Waals surface area contributed by atoms with Crippen LogP contribution in [0.1, 0.15) is 11.6 Å². The van der Waals surface area contributed by atoms with E-state index in [1.165, 1.54) is 0 Å². The van der Waals surface area contributed by atoms with Gasteiger partial charge in [-0.15, -0.1) is 0 Å². The van der Waals surface area contributed by atoms with Crippen molar-refractivity contribution in [3.8, 4) is 0 Å². The molecule has 0 N–H and O–H groups in total. The zero-order valence-electron chi connectivity index (χ0n) is 11.6. The molecule has 1 aliphatic rings. The first kappa shape index (κ1) is 12.0. The van der Waals surface area contributed by atoms with Crippen LogP contribution in [0.25, 0.3) is 10.9 Å². The van der Waals surface area contributed by atoms with Crippen molar-refractivity contribution in [2.75, 3.05) is 11.9 Å². The van der Waals surface area contributed by atoms with Crippen LogP contribution in [-0.2, 0) is 0 Å². The summed E-state index contributed by atoms with van der Waals surface area (Å²) in [6.45, 7) is 0. The summed E-state index contributed by atoms with van der Waals surface area (Å²) in [4.78, 5) is 15.5. The first-order chi connectivity index (χ1) is 10.3. The minimum Gasteiger partial charge on any atom is -0.360 e. The first-order valence-corrected chi connectivity index (χ1v) is 6.89. The van der Waals surface area contributed by atoms with Crippen molar-refractivity contribution in [2.24, 2.45) is 4.99 Å². The standard InChI is InChI=1S/C17H14N4/c1-21-16(12-4-2-8-18-10-12)11-20-15-7-6-14-13(17(15)21)5-3-9-19-14/h2-11,16H,1H3. The Bertz CT molecular complexity index is 827. The summed E-state index contributed by atoms with van der Waals surface area (Å²) in [6.07, 6.45) is 7.47. The number of benzene rings is 1. The molecule has 3 heterocycles. The van der Waals surface area contributed by atoms with Gasteiger partial charge in [0.05, 0.1) is 22.9 Å². The first-order valence-electron chi connectivity index (χ1n) is 6.89. The second-order valence-corrected chi connectivity index (χ2v) is 5.12. The molecule has 4 heteroatoms. The Hall–Kier alpha value is -2.75. The fourth-order valence-electron chi connectivity index (χ4n) is 2.85. The number of fused-ring (bicyclic) bond motifs is 3. The summed E-state index contributed by atoms with van der Waals surface area (Å²) in [6, 6.07) is 12.2. The Balaban J connectivity index is 1.90. The highest BCUT2D eigenvalue weighted by Crippen LogP contribution is 2.41. The minimum absolute atomic E-state index is 0.0945. The summed E-state index contributed by atoms with van der Waals surface area (Å²) < 4.78 is 0. The number of nitrogens with zero attached hydrogens (tertiary/aromatic N) is 4. The number of hydrogen-bond acceptors (Lipinski definition) is 4. The third-order valence-electron chi connectivity index (χ3n) is 3.89. The SMILES string of the molecule is CN1c2c(ccc3ncccc23)N=CC1c1cccnc1. The Morgan fingerprint density at radius 2 is 1.95 bits per heavy atom. The Kier molecular flexibility index (Phi) is 2.67. The van der Waals surface area contributed by atoms with Gasteiger partial charge in [0, 0.05) is 37.2 Å². The minimum atomic E-state index is 0.0945. The van der Waals surface area contributed by atoms with E-state index < -0.39 is 0 Å². The molecule has 0 bridgehead atoms. The Morgan fingerprint density at radius 1 is 1.05 bits per heavy atom. The monoisotopic (exact) mass is 274 g/mol. The number of aliphatic imine (C=N–C) groups is 1. The van der Waals surface area contributed by atoms with E-state index in [1.807, 2.05) is 42.9 Å². The quantitative estimate of drug-likeness (QED) is 0.681. The summed E-state index contributed by atoms with van der Waals surface area (Å²) in [5.74, 6) is 0. The maximum Gasteiger partial charge on any atom is 0.0910 e. The molecule has 1 aliphatic heterocycles. The maximum absolute atomic E-state index is 4.63. The fourth-order valence-corrected chi connectivity index (χ4v) is 2.85. The average molecular weight is 274 g/mol. The zero-order chi connectivity index (χ0) is 14.2. The lowest BCUT2D eigenvalue weighted by atomic mass is 10.0. The van der Waals surface area contributed by atoms with Crippen LogP contribution in [0.3, 0.4) is 0 Å². The van der Waals surface area contributed by atoms with Crippen LogP contribution in [-0.4, -0.2) is 23.2 Å². The van der Waals surface area contributed by atoms with Gasteiger partial charge in [0.1, 0.15) is 0 Å². The van der Waals surface area contributed by atoms with Gasteiger partial charge in [0.15, 0.2) is 0 Å². The molecule has 4 nitrogen and oxygen atoms in total. The van der Waals surface area contributed by atoms with Gasteiger partial charge in [0.2, 0.25) is 0 Å².